The summed E-state index contributed by atoms with van der Waals surface area (Å²) in [5, 5.41) is 21.5. The van der Waals surface area contributed by atoms with Crippen LogP contribution in [0.5, 0.6) is 0 Å². The van der Waals surface area contributed by atoms with E-state index in [0.29, 0.717) is 5.56 Å². The average molecular weight is 468 g/mol. The molecule has 7 rings (SSSR count). The molecule has 0 saturated carbocycles. The number of epoxide rings is 1. The lowest BCUT2D eigenvalue weighted by atomic mass is 10.0. The molecule has 3 saturated heterocycles. The highest BCUT2D eigenvalue weighted by Crippen LogP contribution is 2.46. The van der Waals surface area contributed by atoms with E-state index in [1.54, 1.807) is 0 Å². The normalized spacial score (nSPS) is 25.4. The zero-order valence-corrected chi connectivity index (χ0v) is 19.7. The molecule has 2 aromatic carbocycles. The number of hydrogen-bond donors (Lipinski definition) is 3. The number of hydrazine groups is 1. The first-order chi connectivity index (χ1) is 17.2. The van der Waals surface area contributed by atoms with Gasteiger partial charge >= 0.3 is 0 Å². The van der Waals surface area contributed by atoms with Crippen molar-refractivity contribution in [2.75, 3.05) is 26.2 Å². The summed E-state index contributed by atoms with van der Waals surface area (Å²) in [6, 6.07) is 16.5. The molecule has 3 N–H and O–H groups in total. The Morgan fingerprint density at radius 2 is 2.06 bits per heavy atom. The van der Waals surface area contributed by atoms with Gasteiger partial charge in [0.1, 0.15) is 11.8 Å². The van der Waals surface area contributed by atoms with E-state index in [4.69, 9.17) is 4.74 Å². The number of nitriles is 1. The van der Waals surface area contributed by atoms with Crippen LogP contribution in [0.15, 0.2) is 42.5 Å². The summed E-state index contributed by atoms with van der Waals surface area (Å²) in [6.45, 7) is 5.06. The zero-order chi connectivity index (χ0) is 23.4. The standard InChI is InChI=1S/C27H29N7O/c28-15-18-7-8-20-23(13-18)31-32-26(20)24-14-21-19(5-4-6-22(21)30-24)16-33-12-9-27(25(17-33)35-27)34-11-3-1-2-10-29-34/h4-8,13-14,25,29-30H,1-3,9-12,16-17H2,(H,31,32). The predicted molar refractivity (Wildman–Crippen MR) is 134 cm³/mol. The van der Waals surface area contributed by atoms with Gasteiger partial charge in [0, 0.05) is 55.4 Å². The number of piperidine rings is 1. The second kappa shape index (κ2) is 8.18. The first kappa shape index (κ1) is 21.1. The third-order valence-corrected chi connectivity index (χ3v) is 7.92. The fourth-order valence-electron chi connectivity index (χ4n) is 5.98. The summed E-state index contributed by atoms with van der Waals surface area (Å²) < 4.78 is 6.31. The Hall–Kier alpha value is -3.22. The maximum Gasteiger partial charge on any atom is 0.163 e. The molecular weight excluding hydrogens is 438 g/mol. The molecule has 2 atom stereocenters. The Morgan fingerprint density at radius 1 is 1.09 bits per heavy atom. The number of nitrogens with one attached hydrogen (secondary N) is 3. The fourth-order valence-corrected chi connectivity index (χ4v) is 5.98. The van der Waals surface area contributed by atoms with Crippen LogP contribution in [0, 0.1) is 11.3 Å². The largest absolute Gasteiger partial charge is 0.353 e. The third-order valence-electron chi connectivity index (χ3n) is 7.92. The molecule has 2 aromatic heterocycles. The van der Waals surface area contributed by atoms with E-state index >= 15 is 0 Å². The van der Waals surface area contributed by atoms with Gasteiger partial charge in [0.15, 0.2) is 5.72 Å². The van der Waals surface area contributed by atoms with Crippen molar-refractivity contribution in [3.8, 4) is 17.5 Å². The summed E-state index contributed by atoms with van der Waals surface area (Å²) in [5.41, 5.74) is 9.34. The molecule has 0 bridgehead atoms. The van der Waals surface area contributed by atoms with E-state index in [2.05, 4.69) is 60.9 Å². The Morgan fingerprint density at radius 3 is 2.97 bits per heavy atom. The van der Waals surface area contributed by atoms with Gasteiger partial charge in [-0.3, -0.25) is 15.4 Å². The van der Waals surface area contributed by atoms with Crippen LogP contribution >= 0.6 is 0 Å². The quantitative estimate of drug-likeness (QED) is 0.394. The number of fused-ring (bicyclic) bond motifs is 3. The Labute approximate surface area is 203 Å². The lowest BCUT2D eigenvalue weighted by Gasteiger charge is -2.35. The van der Waals surface area contributed by atoms with Gasteiger partial charge in [0.25, 0.3) is 0 Å². The number of aromatic nitrogens is 3. The number of nitrogens with zero attached hydrogens (tertiary/aromatic N) is 4. The minimum absolute atomic E-state index is 0.0828. The van der Waals surface area contributed by atoms with E-state index < -0.39 is 0 Å². The summed E-state index contributed by atoms with van der Waals surface area (Å²) in [4.78, 5) is 6.09. The highest BCUT2D eigenvalue weighted by Gasteiger charge is 2.62. The van der Waals surface area contributed by atoms with Gasteiger partial charge in [0.2, 0.25) is 0 Å². The Kier molecular flexibility index (Phi) is 4.93. The van der Waals surface area contributed by atoms with E-state index in [1.165, 1.54) is 30.2 Å². The minimum atomic E-state index is -0.0828. The van der Waals surface area contributed by atoms with Crippen LogP contribution < -0.4 is 5.43 Å². The first-order valence-electron chi connectivity index (χ1n) is 12.6. The minimum Gasteiger partial charge on any atom is -0.353 e. The van der Waals surface area contributed by atoms with E-state index in [0.717, 1.165) is 67.0 Å². The van der Waals surface area contributed by atoms with Crippen LogP contribution in [0.1, 0.15) is 36.8 Å². The molecular formula is C27H29N7O. The molecule has 0 radical (unpaired) electrons. The number of ether oxygens (including phenoxy) is 1. The number of rotatable bonds is 4. The van der Waals surface area contributed by atoms with Crippen molar-refractivity contribution in [1.82, 2.24) is 30.5 Å². The van der Waals surface area contributed by atoms with Crippen molar-refractivity contribution >= 4 is 21.8 Å². The highest BCUT2D eigenvalue weighted by molar-refractivity contribution is 5.96. The average Bonchev–Trinajstić information content (AvgIpc) is 3.36. The molecule has 3 fully saturated rings. The maximum atomic E-state index is 9.18. The number of likely N-dealkylation sites (tertiary alicyclic amines) is 1. The molecule has 0 spiro atoms. The van der Waals surface area contributed by atoms with Gasteiger partial charge in [-0.25, -0.2) is 5.01 Å². The molecule has 5 heterocycles. The van der Waals surface area contributed by atoms with Crippen molar-refractivity contribution in [2.45, 2.75) is 44.1 Å². The van der Waals surface area contributed by atoms with Crippen LogP contribution in [0.4, 0.5) is 0 Å². The maximum absolute atomic E-state index is 9.18. The van der Waals surface area contributed by atoms with Crippen LogP contribution in [0.3, 0.4) is 0 Å². The smallest absolute Gasteiger partial charge is 0.163 e. The van der Waals surface area contributed by atoms with Crippen LogP contribution in [-0.2, 0) is 11.3 Å². The van der Waals surface area contributed by atoms with Crippen LogP contribution in [0.25, 0.3) is 33.2 Å². The van der Waals surface area contributed by atoms with E-state index in [1.807, 2.05) is 18.2 Å². The SMILES string of the molecule is N#Cc1ccc2c(-c3cc4c(CN5CCC6(N7CCCCCN7)OC6C5)cccc4[nH]3)n[nH]c2c1. The van der Waals surface area contributed by atoms with Crippen molar-refractivity contribution in [3.05, 3.63) is 53.6 Å². The Bertz CT molecular complexity index is 1440. The van der Waals surface area contributed by atoms with Gasteiger partial charge in [-0.05, 0) is 48.7 Å². The molecule has 0 aliphatic carbocycles. The number of hydrogen-bond acceptors (Lipinski definition) is 6. The monoisotopic (exact) mass is 467 g/mol. The van der Waals surface area contributed by atoms with E-state index in [-0.39, 0.29) is 11.8 Å². The number of H-pyrrole nitrogens is 2. The molecule has 4 aromatic rings. The Balaban J connectivity index is 1.12. The lowest BCUT2D eigenvalue weighted by molar-refractivity contribution is 0.0170. The molecule has 3 aliphatic heterocycles. The topological polar surface area (TPSA) is 99.3 Å². The van der Waals surface area contributed by atoms with Gasteiger partial charge in [-0.1, -0.05) is 18.6 Å². The lowest BCUT2D eigenvalue weighted by Crippen LogP contribution is -2.54. The first-order valence-corrected chi connectivity index (χ1v) is 12.6. The molecule has 3 aliphatic rings. The third kappa shape index (κ3) is 3.55. The number of aromatic amines is 2. The van der Waals surface area contributed by atoms with Gasteiger partial charge in [-0.2, -0.15) is 10.4 Å². The summed E-state index contributed by atoms with van der Waals surface area (Å²) >= 11 is 0. The second-order valence-corrected chi connectivity index (χ2v) is 10.1. The molecule has 8 heteroatoms. The summed E-state index contributed by atoms with van der Waals surface area (Å²) in [7, 11) is 0. The van der Waals surface area contributed by atoms with Gasteiger partial charge < -0.3 is 9.72 Å². The van der Waals surface area contributed by atoms with Gasteiger partial charge in [0.05, 0.1) is 22.8 Å². The van der Waals surface area contributed by atoms with Crippen molar-refractivity contribution in [2.24, 2.45) is 0 Å². The molecule has 2 unspecified atom stereocenters. The number of benzene rings is 2. The zero-order valence-electron chi connectivity index (χ0n) is 19.7. The summed E-state index contributed by atoms with van der Waals surface area (Å²) in [6.07, 6.45) is 5.13. The predicted octanol–water partition coefficient (Wildman–Crippen LogP) is 3.87. The molecule has 35 heavy (non-hydrogen) atoms. The van der Waals surface area contributed by atoms with E-state index in [9.17, 15) is 5.26 Å². The highest BCUT2D eigenvalue weighted by atomic mass is 16.6. The molecule has 178 valence electrons. The summed E-state index contributed by atoms with van der Waals surface area (Å²) in [5.74, 6) is 0. The molecule has 0 amide bonds. The van der Waals surface area contributed by atoms with Crippen molar-refractivity contribution in [3.63, 3.8) is 0 Å². The van der Waals surface area contributed by atoms with Crippen molar-refractivity contribution in [1.29, 1.82) is 5.26 Å². The van der Waals surface area contributed by atoms with Crippen LogP contribution in [-0.4, -0.2) is 63.1 Å². The second-order valence-electron chi connectivity index (χ2n) is 10.1. The fraction of sp³-hybridized carbons (Fsp3) is 0.407. The molecule has 8 nitrogen and oxygen atoms in total. The van der Waals surface area contributed by atoms with Crippen molar-refractivity contribution < 1.29 is 4.74 Å². The van der Waals surface area contributed by atoms with Gasteiger partial charge in [-0.15, -0.1) is 0 Å². The van der Waals surface area contributed by atoms with Crippen LogP contribution in [0.2, 0.25) is 0 Å².